The number of methoxy groups -OCH3 is 1. The van der Waals surface area contributed by atoms with Crippen molar-refractivity contribution in [1.82, 2.24) is 4.98 Å². The van der Waals surface area contributed by atoms with Gasteiger partial charge in [-0.05, 0) is 18.1 Å². The molecule has 1 aromatic rings. The molecule has 0 spiro atoms. The molecule has 0 radical (unpaired) electrons. The van der Waals surface area contributed by atoms with Crippen LogP contribution in [0.25, 0.3) is 0 Å². The first-order chi connectivity index (χ1) is 8.56. The van der Waals surface area contributed by atoms with Gasteiger partial charge >= 0.3 is 0 Å². The zero-order chi connectivity index (χ0) is 13.5. The molecule has 0 aliphatic rings. The highest BCUT2D eigenvalue weighted by atomic mass is 32.1. The molecule has 0 amide bonds. The van der Waals surface area contributed by atoms with E-state index in [9.17, 15) is 0 Å². The molecule has 0 aromatic carbocycles. The second kappa shape index (κ2) is 7.28. The molecule has 0 aliphatic heterocycles. The van der Waals surface area contributed by atoms with Crippen molar-refractivity contribution in [1.29, 1.82) is 0 Å². The highest BCUT2D eigenvalue weighted by Gasteiger charge is 2.15. The third kappa shape index (κ3) is 4.23. The summed E-state index contributed by atoms with van der Waals surface area (Å²) < 4.78 is 5.14. The zero-order valence-corrected chi connectivity index (χ0v) is 12.0. The second-order valence-corrected chi connectivity index (χ2v) is 5.01. The van der Waals surface area contributed by atoms with Crippen LogP contribution in [0.3, 0.4) is 0 Å². The summed E-state index contributed by atoms with van der Waals surface area (Å²) in [6.45, 7) is 6.67. The Morgan fingerprint density at radius 1 is 1.56 bits per heavy atom. The van der Waals surface area contributed by atoms with Gasteiger partial charge in [0.15, 0.2) is 0 Å². The summed E-state index contributed by atoms with van der Waals surface area (Å²) in [5.41, 5.74) is 6.57. The minimum atomic E-state index is 0.379. The molecular weight excluding hydrogens is 246 g/mol. The Hall–Kier alpha value is -1.20. The van der Waals surface area contributed by atoms with Crippen LogP contribution in [0.4, 0.5) is 5.82 Å². The Kier molecular flexibility index (Phi) is 6.01. The number of hydrogen-bond acceptors (Lipinski definition) is 4. The van der Waals surface area contributed by atoms with Gasteiger partial charge in [0.05, 0.1) is 12.2 Å². The van der Waals surface area contributed by atoms with Crippen LogP contribution in [0, 0.1) is 5.92 Å². The molecule has 1 aromatic heterocycles. The highest BCUT2D eigenvalue weighted by molar-refractivity contribution is 7.80. The summed E-state index contributed by atoms with van der Waals surface area (Å²) in [6.07, 6.45) is 1.76. The zero-order valence-electron chi connectivity index (χ0n) is 11.2. The van der Waals surface area contributed by atoms with Gasteiger partial charge in [-0.25, -0.2) is 4.98 Å². The van der Waals surface area contributed by atoms with E-state index in [0.29, 0.717) is 17.5 Å². The second-order valence-electron chi connectivity index (χ2n) is 4.57. The molecule has 2 N–H and O–H groups in total. The first-order valence-electron chi connectivity index (χ1n) is 6.05. The molecule has 1 heterocycles. The van der Waals surface area contributed by atoms with Crippen molar-refractivity contribution >= 4 is 23.0 Å². The first-order valence-corrected chi connectivity index (χ1v) is 6.45. The fraction of sp³-hybridized carbons (Fsp3) is 0.538. The predicted molar refractivity (Wildman–Crippen MR) is 79.1 cm³/mol. The van der Waals surface area contributed by atoms with Crippen LogP contribution in [-0.4, -0.2) is 36.8 Å². The molecule has 5 heteroatoms. The van der Waals surface area contributed by atoms with E-state index in [2.05, 4.69) is 23.7 Å². The van der Waals surface area contributed by atoms with Gasteiger partial charge < -0.3 is 15.4 Å². The largest absolute Gasteiger partial charge is 0.389 e. The fourth-order valence-corrected chi connectivity index (χ4v) is 1.93. The summed E-state index contributed by atoms with van der Waals surface area (Å²) in [5.74, 6) is 1.37. The van der Waals surface area contributed by atoms with Crippen molar-refractivity contribution in [3.63, 3.8) is 0 Å². The van der Waals surface area contributed by atoms with Crippen LogP contribution in [-0.2, 0) is 4.74 Å². The minimum Gasteiger partial charge on any atom is -0.389 e. The quantitative estimate of drug-likeness (QED) is 0.764. The van der Waals surface area contributed by atoms with E-state index in [-0.39, 0.29) is 0 Å². The molecule has 0 atom stereocenters. The van der Waals surface area contributed by atoms with E-state index in [1.807, 2.05) is 12.1 Å². The van der Waals surface area contributed by atoms with Crippen LogP contribution >= 0.6 is 12.2 Å². The van der Waals surface area contributed by atoms with Crippen molar-refractivity contribution in [3.8, 4) is 0 Å². The number of nitrogens with two attached hydrogens (primary N) is 1. The lowest BCUT2D eigenvalue weighted by Crippen LogP contribution is -2.33. The van der Waals surface area contributed by atoms with E-state index in [1.165, 1.54) is 0 Å². The fourth-order valence-electron chi connectivity index (χ4n) is 1.77. The van der Waals surface area contributed by atoms with Gasteiger partial charge in [0.2, 0.25) is 0 Å². The molecule has 0 fully saturated rings. The van der Waals surface area contributed by atoms with Gasteiger partial charge in [-0.15, -0.1) is 0 Å². The molecule has 0 unspecified atom stereocenters. The van der Waals surface area contributed by atoms with Gasteiger partial charge in [-0.3, -0.25) is 0 Å². The number of pyridine rings is 1. The van der Waals surface area contributed by atoms with Gasteiger partial charge in [0.25, 0.3) is 0 Å². The van der Waals surface area contributed by atoms with Gasteiger partial charge in [0, 0.05) is 26.4 Å². The topological polar surface area (TPSA) is 51.4 Å². The highest BCUT2D eigenvalue weighted by Crippen LogP contribution is 2.18. The van der Waals surface area contributed by atoms with Crippen LogP contribution in [0.2, 0.25) is 0 Å². The van der Waals surface area contributed by atoms with Gasteiger partial charge in [-0.2, -0.15) is 0 Å². The smallest absolute Gasteiger partial charge is 0.138 e. The van der Waals surface area contributed by atoms with Crippen LogP contribution < -0.4 is 10.6 Å². The third-order valence-electron chi connectivity index (χ3n) is 2.50. The van der Waals surface area contributed by atoms with Crippen molar-refractivity contribution in [2.75, 3.05) is 31.7 Å². The summed E-state index contributed by atoms with van der Waals surface area (Å²) in [7, 11) is 1.69. The molecule has 1 rings (SSSR count). The number of aromatic nitrogens is 1. The van der Waals surface area contributed by atoms with Crippen LogP contribution in [0.1, 0.15) is 19.4 Å². The van der Waals surface area contributed by atoms with Gasteiger partial charge in [0.1, 0.15) is 10.8 Å². The molecule has 0 aliphatic carbocycles. The number of rotatable bonds is 7. The third-order valence-corrected chi connectivity index (χ3v) is 2.72. The average molecular weight is 267 g/mol. The molecule has 4 nitrogen and oxygen atoms in total. The summed E-state index contributed by atoms with van der Waals surface area (Å²) in [5, 5.41) is 0. The number of anilines is 1. The van der Waals surface area contributed by atoms with Crippen molar-refractivity contribution in [3.05, 3.63) is 23.9 Å². The first kappa shape index (κ1) is 14.9. The predicted octanol–water partition coefficient (Wildman–Crippen LogP) is 1.82. The summed E-state index contributed by atoms with van der Waals surface area (Å²) >= 11 is 5.07. The standard InChI is InChI=1S/C13H21N3OS/c1-10(2)9-16(7-8-17-3)13-11(12(14)18)5-4-6-15-13/h4-6,10H,7-9H2,1-3H3,(H2,14,18). The molecule has 0 bridgehead atoms. The van der Waals surface area contributed by atoms with E-state index in [1.54, 1.807) is 13.3 Å². The maximum Gasteiger partial charge on any atom is 0.138 e. The van der Waals surface area contributed by atoms with E-state index in [0.717, 1.165) is 24.5 Å². The minimum absolute atomic E-state index is 0.379. The van der Waals surface area contributed by atoms with Crippen molar-refractivity contribution < 1.29 is 4.74 Å². The molecule has 0 saturated heterocycles. The Bertz CT molecular complexity index is 396. The van der Waals surface area contributed by atoms with E-state index in [4.69, 9.17) is 22.7 Å². The maximum absolute atomic E-state index is 5.75. The van der Waals surface area contributed by atoms with Crippen LogP contribution in [0.15, 0.2) is 18.3 Å². The van der Waals surface area contributed by atoms with E-state index < -0.39 is 0 Å². The summed E-state index contributed by atoms with van der Waals surface area (Å²) in [4.78, 5) is 6.96. The maximum atomic E-state index is 5.75. The lowest BCUT2D eigenvalue weighted by atomic mass is 10.2. The van der Waals surface area contributed by atoms with Crippen molar-refractivity contribution in [2.24, 2.45) is 11.7 Å². The van der Waals surface area contributed by atoms with Crippen LogP contribution in [0.5, 0.6) is 0 Å². The molecule has 18 heavy (non-hydrogen) atoms. The molecular formula is C13H21N3OS. The monoisotopic (exact) mass is 267 g/mol. The normalized spacial score (nSPS) is 10.7. The number of ether oxygens (including phenoxy) is 1. The SMILES string of the molecule is COCCN(CC(C)C)c1ncccc1C(N)=S. The number of thiocarbonyl (C=S) groups is 1. The lowest BCUT2D eigenvalue weighted by molar-refractivity contribution is 0.204. The average Bonchev–Trinajstić information content (AvgIpc) is 2.34. The molecule has 100 valence electrons. The van der Waals surface area contributed by atoms with Crippen molar-refractivity contribution in [2.45, 2.75) is 13.8 Å². The molecule has 0 saturated carbocycles. The number of hydrogen-bond donors (Lipinski definition) is 1. The Labute approximate surface area is 114 Å². The lowest BCUT2D eigenvalue weighted by Gasteiger charge is -2.27. The Balaban J connectivity index is 2.99. The van der Waals surface area contributed by atoms with Gasteiger partial charge in [-0.1, -0.05) is 26.1 Å². The summed E-state index contributed by atoms with van der Waals surface area (Å²) in [6, 6.07) is 3.76. The Morgan fingerprint density at radius 2 is 2.28 bits per heavy atom. The number of nitrogens with zero attached hydrogens (tertiary/aromatic N) is 2. The Morgan fingerprint density at radius 3 is 2.83 bits per heavy atom. The van der Waals surface area contributed by atoms with E-state index >= 15 is 0 Å².